The first kappa shape index (κ1) is 64.2. The number of benzene rings is 5. The van der Waals surface area contributed by atoms with Crippen LogP contribution in [0, 0.1) is 11.8 Å². The van der Waals surface area contributed by atoms with Gasteiger partial charge in [-0.05, 0) is 102 Å². The highest BCUT2D eigenvalue weighted by Crippen LogP contribution is 2.49. The van der Waals surface area contributed by atoms with Crippen LogP contribution in [0.15, 0.2) is 152 Å². The Morgan fingerprint density at radius 3 is 1.48 bits per heavy atom. The first-order valence-corrected chi connectivity index (χ1v) is 28.5. The fraction of sp³-hybridized carbons (Fsp3) is 0.406. The van der Waals surface area contributed by atoms with Crippen molar-refractivity contribution in [2.45, 2.75) is 127 Å². The minimum atomic E-state index is -1.63. The number of ether oxygens (including phenoxy) is 3. The van der Waals surface area contributed by atoms with Crippen LogP contribution in [0.3, 0.4) is 0 Å². The van der Waals surface area contributed by atoms with E-state index in [1.807, 2.05) is 127 Å². The maximum Gasteiger partial charge on any atom is 0.408 e. The topological polar surface area (TPSA) is 238 Å². The molecule has 0 radical (unpaired) electrons. The smallest absolute Gasteiger partial charge is 0.408 e. The van der Waals surface area contributed by atoms with Gasteiger partial charge in [-0.1, -0.05) is 152 Å². The van der Waals surface area contributed by atoms with Gasteiger partial charge in [0, 0.05) is 37.5 Å². The molecule has 0 unspecified atom stereocenters. The van der Waals surface area contributed by atoms with Crippen LogP contribution in [0.4, 0.5) is 4.79 Å². The summed E-state index contributed by atoms with van der Waals surface area (Å²) in [5.74, 6) is -6.71. The van der Waals surface area contributed by atoms with Gasteiger partial charge in [-0.3, -0.25) is 33.6 Å². The number of hydrogen-bond acceptors (Lipinski definition) is 13. The minimum absolute atomic E-state index is 0.0115. The second-order valence-corrected chi connectivity index (χ2v) is 23.0. The number of Topliss-reactive ketones (excluding diaryl/α,β-unsaturated/α-hetero) is 2. The molecular formula is C64H79N5O11S. The van der Waals surface area contributed by atoms with Crippen molar-refractivity contribution in [2.75, 3.05) is 25.4 Å². The predicted molar refractivity (Wildman–Crippen MR) is 314 cm³/mol. The number of alkyl carbamates (subject to hydrolysis) is 1. The molecule has 16 nitrogen and oxygen atoms in total. The van der Waals surface area contributed by atoms with Crippen LogP contribution in [0.5, 0.6) is 0 Å². The molecule has 4 amide bonds. The summed E-state index contributed by atoms with van der Waals surface area (Å²) in [5, 5.41) is 10.8. The van der Waals surface area contributed by atoms with Crippen LogP contribution < -0.4 is 27.0 Å². The SMILES string of the molecule is CCOC(=O)[C@H](CSC(c1ccccc1)(c1ccccc1)c1ccccc1)CC(=O)[C@H](CC(=O)OC(C)(C)C)NC(=O)[C@H](CNC(=O)[C@@H](CC(=O)[C@H](Cc1ccccc1)NC(=O)CCCN)Cc1ccccc1)NC(=O)OC(C)(C)C. The van der Waals surface area contributed by atoms with Gasteiger partial charge in [-0.2, -0.15) is 0 Å². The van der Waals surface area contributed by atoms with E-state index in [0.29, 0.717) is 6.42 Å². The summed E-state index contributed by atoms with van der Waals surface area (Å²) in [7, 11) is 0. The van der Waals surface area contributed by atoms with E-state index in [1.54, 1.807) is 72.7 Å². The van der Waals surface area contributed by atoms with Crippen molar-refractivity contribution in [2.24, 2.45) is 17.6 Å². The average Bonchev–Trinajstić information content (AvgIpc) is 3.61. The third-order valence-electron chi connectivity index (χ3n) is 12.9. The van der Waals surface area contributed by atoms with E-state index in [4.69, 9.17) is 19.9 Å². The van der Waals surface area contributed by atoms with Crippen LogP contribution in [-0.2, 0) is 65.4 Å². The van der Waals surface area contributed by atoms with Crippen molar-refractivity contribution < 1.29 is 52.6 Å². The number of nitrogens with two attached hydrogens (primary N) is 1. The molecule has 6 N–H and O–H groups in total. The van der Waals surface area contributed by atoms with Crippen molar-refractivity contribution in [1.82, 2.24) is 21.3 Å². The third kappa shape index (κ3) is 21.1. The summed E-state index contributed by atoms with van der Waals surface area (Å²) in [4.78, 5) is 113. The molecule has 5 aromatic carbocycles. The number of carbonyl (C=O) groups excluding carboxylic acids is 8. The number of rotatable bonds is 30. The number of hydrogen-bond donors (Lipinski definition) is 5. The Morgan fingerprint density at radius 2 is 1.00 bits per heavy atom. The summed E-state index contributed by atoms with van der Waals surface area (Å²) in [5.41, 5.74) is 7.92. The molecule has 0 saturated heterocycles. The van der Waals surface area contributed by atoms with Gasteiger partial charge >= 0.3 is 18.0 Å². The van der Waals surface area contributed by atoms with E-state index in [2.05, 4.69) is 21.3 Å². The van der Waals surface area contributed by atoms with Gasteiger partial charge in [0.05, 0.1) is 35.8 Å². The van der Waals surface area contributed by atoms with Gasteiger partial charge in [-0.15, -0.1) is 11.8 Å². The van der Waals surface area contributed by atoms with E-state index >= 15 is 0 Å². The molecule has 432 valence electrons. The quantitative estimate of drug-likeness (QED) is 0.0165. The third-order valence-corrected chi connectivity index (χ3v) is 14.6. The van der Waals surface area contributed by atoms with Gasteiger partial charge in [-0.25, -0.2) is 4.79 Å². The van der Waals surface area contributed by atoms with E-state index in [9.17, 15) is 38.4 Å². The highest BCUT2D eigenvalue weighted by atomic mass is 32.2. The Labute approximate surface area is 480 Å². The lowest BCUT2D eigenvalue weighted by Crippen LogP contribution is -2.57. The van der Waals surface area contributed by atoms with E-state index in [1.165, 1.54) is 11.8 Å². The van der Waals surface area contributed by atoms with Gasteiger partial charge in [0.15, 0.2) is 11.6 Å². The van der Waals surface area contributed by atoms with Gasteiger partial charge in [0.2, 0.25) is 17.7 Å². The summed E-state index contributed by atoms with van der Waals surface area (Å²) in [6.45, 7) is 11.2. The number of amides is 4. The summed E-state index contributed by atoms with van der Waals surface area (Å²) >= 11 is 1.44. The molecule has 81 heavy (non-hydrogen) atoms. The molecule has 0 heterocycles. The average molecular weight is 1130 g/mol. The number of nitrogens with one attached hydrogen (secondary N) is 4. The van der Waals surface area contributed by atoms with Crippen LogP contribution >= 0.6 is 11.8 Å². The Morgan fingerprint density at radius 1 is 0.531 bits per heavy atom. The molecule has 0 bridgehead atoms. The van der Waals surface area contributed by atoms with Gasteiger partial charge < -0.3 is 41.2 Å². The van der Waals surface area contributed by atoms with Crippen LogP contribution in [0.1, 0.15) is 108 Å². The summed E-state index contributed by atoms with van der Waals surface area (Å²) < 4.78 is 15.9. The standard InChI is InChI=1S/C64H79N5O11S/c1-8-78-60(76)47(43-81-64(48-29-18-11-19-30-48,49-31-20-12-21-32-49)50-33-22-13-23-34-50)40-55(71)52(41-57(73)79-62(2,3)4)68-59(75)53(69-61(77)80-63(5,6)7)42-66-58(74)46(37-44-25-14-9-15-26-44)39-54(70)51(67-56(72)35-24-36-65)38-45-27-16-10-17-28-45/h9-23,25-34,46-47,51-53H,8,24,35-43,65H2,1-7H3,(H,66,74)(H,67,72)(H,68,75)(H,69,77)/t46-,47+,51+,52+,53+/m1/s1. The maximum atomic E-state index is 14.9. The molecule has 5 aromatic rings. The monoisotopic (exact) mass is 1130 g/mol. The van der Waals surface area contributed by atoms with Crippen LogP contribution in [-0.4, -0.2) is 102 Å². The van der Waals surface area contributed by atoms with Crippen molar-refractivity contribution >= 4 is 59.1 Å². The van der Waals surface area contributed by atoms with Crippen molar-refractivity contribution in [3.05, 3.63) is 179 Å². The molecule has 5 atom stereocenters. The number of carbonyl (C=O) groups is 8. The molecular weight excluding hydrogens is 1050 g/mol. The molecule has 0 aliphatic rings. The Balaban J connectivity index is 1.47. The summed E-state index contributed by atoms with van der Waals surface area (Å²) in [6, 6.07) is 43.3. The number of ketones is 2. The van der Waals surface area contributed by atoms with E-state index in [0.717, 1.165) is 27.8 Å². The first-order chi connectivity index (χ1) is 38.6. The number of thioether (sulfide) groups is 1. The van der Waals surface area contributed by atoms with Crippen LogP contribution in [0.2, 0.25) is 0 Å². The molecule has 5 rings (SSSR count). The van der Waals surface area contributed by atoms with E-state index < -0.39 is 107 Å². The zero-order valence-electron chi connectivity index (χ0n) is 47.6. The zero-order valence-corrected chi connectivity index (χ0v) is 48.4. The van der Waals surface area contributed by atoms with Crippen molar-refractivity contribution in [3.8, 4) is 0 Å². The van der Waals surface area contributed by atoms with E-state index in [-0.39, 0.29) is 50.5 Å². The molecule has 0 fully saturated rings. The molecule has 0 aliphatic heterocycles. The molecule has 0 aliphatic carbocycles. The lowest BCUT2D eigenvalue weighted by atomic mass is 9.84. The first-order valence-electron chi connectivity index (χ1n) is 27.5. The fourth-order valence-electron chi connectivity index (χ4n) is 9.09. The van der Waals surface area contributed by atoms with Crippen molar-refractivity contribution in [3.63, 3.8) is 0 Å². The lowest BCUT2D eigenvalue weighted by Gasteiger charge is -2.36. The molecule has 0 aromatic heterocycles. The highest BCUT2D eigenvalue weighted by Gasteiger charge is 2.41. The fourth-order valence-corrected chi connectivity index (χ4v) is 10.7. The molecule has 0 saturated carbocycles. The lowest BCUT2D eigenvalue weighted by molar-refractivity contribution is -0.156. The normalized spacial score (nSPS) is 13.4. The Bertz CT molecular complexity index is 2730. The highest BCUT2D eigenvalue weighted by molar-refractivity contribution is 8.00. The minimum Gasteiger partial charge on any atom is -0.466 e. The van der Waals surface area contributed by atoms with Crippen molar-refractivity contribution in [1.29, 1.82) is 0 Å². The largest absolute Gasteiger partial charge is 0.466 e. The van der Waals surface area contributed by atoms with Crippen LogP contribution in [0.25, 0.3) is 0 Å². The summed E-state index contributed by atoms with van der Waals surface area (Å²) in [6.07, 6.45) is -1.73. The second kappa shape index (κ2) is 31.4. The second-order valence-electron chi connectivity index (χ2n) is 21.8. The zero-order chi connectivity index (χ0) is 59.0. The van der Waals surface area contributed by atoms with Gasteiger partial charge in [0.1, 0.15) is 17.2 Å². The Kier molecular flexibility index (Phi) is 24.9. The maximum absolute atomic E-state index is 14.9. The number of esters is 2. The van der Waals surface area contributed by atoms with Gasteiger partial charge in [0.25, 0.3) is 0 Å². The molecule has 0 spiro atoms. The molecule has 17 heteroatoms. The Hall–Kier alpha value is -7.63. The predicted octanol–water partition coefficient (Wildman–Crippen LogP) is 8.36.